The smallest absolute Gasteiger partial charge is 0.288 e. The Morgan fingerprint density at radius 1 is 1.19 bits per heavy atom. The predicted octanol–water partition coefficient (Wildman–Crippen LogP) is 7.41. The summed E-state index contributed by atoms with van der Waals surface area (Å²) in [6.45, 7) is 0. The topological polar surface area (TPSA) is 122 Å². The van der Waals surface area contributed by atoms with E-state index in [-0.39, 0.29) is 22.0 Å². The van der Waals surface area contributed by atoms with Crippen molar-refractivity contribution in [2.75, 3.05) is 5.32 Å². The van der Waals surface area contributed by atoms with Gasteiger partial charge in [-0.3, -0.25) is 20.2 Å². The molecule has 0 saturated carbocycles. The molecule has 1 N–H and O–H groups in total. The molecule has 0 aliphatic heterocycles. The van der Waals surface area contributed by atoms with E-state index in [4.69, 9.17) is 39.2 Å². The number of amides is 1. The lowest BCUT2D eigenvalue weighted by Gasteiger charge is -2.03. The zero-order valence-electron chi connectivity index (χ0n) is 18.0. The van der Waals surface area contributed by atoms with Crippen LogP contribution in [0, 0.1) is 21.4 Å². The number of halogens is 3. The number of hydrogen-bond donors (Lipinski definition) is 1. The summed E-state index contributed by atoms with van der Waals surface area (Å²) in [5.74, 6) is -0.146. The number of anilines is 1. The Morgan fingerprint density at radius 3 is 2.75 bits per heavy atom. The van der Waals surface area contributed by atoms with E-state index in [2.05, 4.69) is 10.3 Å². The first-order chi connectivity index (χ1) is 17.2. The fourth-order valence-electron chi connectivity index (χ4n) is 3.17. The van der Waals surface area contributed by atoms with Crippen LogP contribution in [0.4, 0.5) is 10.8 Å². The minimum atomic E-state index is -0.667. The summed E-state index contributed by atoms with van der Waals surface area (Å²) in [4.78, 5) is 28.2. The van der Waals surface area contributed by atoms with E-state index in [1.165, 1.54) is 35.6 Å². The molecule has 0 aliphatic carbocycles. The van der Waals surface area contributed by atoms with Crippen LogP contribution in [-0.4, -0.2) is 15.8 Å². The van der Waals surface area contributed by atoms with Crippen LogP contribution in [0.2, 0.25) is 15.1 Å². The quantitative estimate of drug-likeness (QED) is 0.109. The minimum absolute atomic E-state index is 0.000119. The van der Waals surface area contributed by atoms with E-state index in [1.54, 1.807) is 30.5 Å². The van der Waals surface area contributed by atoms with E-state index in [0.717, 1.165) is 10.4 Å². The molecule has 2 heterocycles. The van der Waals surface area contributed by atoms with Crippen molar-refractivity contribution in [1.29, 1.82) is 5.26 Å². The Morgan fingerprint density at radius 2 is 2.00 bits per heavy atom. The number of nitrogens with one attached hydrogen (secondary N) is 1. The summed E-state index contributed by atoms with van der Waals surface area (Å²) >= 11 is 19.4. The fraction of sp³-hybridized carbons (Fsp3) is 0.0417. The molecule has 1 amide bonds. The first-order valence-electron chi connectivity index (χ1n) is 10.1. The molecule has 0 saturated heterocycles. The number of benzene rings is 2. The lowest BCUT2D eigenvalue weighted by molar-refractivity contribution is -0.384. The standard InChI is InChI=1S/C24H13Cl3N4O4S/c25-18-6-4-13(10-20(18)31(33)34)21-7-5-16(35-21)8-15(11-28)23(32)30-24-29-12-17(36-24)9-14-2-1-3-19(26)22(14)27/h1-8,10,12H,9H2,(H,29,30,32)/b15-8+. The molecule has 0 aliphatic rings. The van der Waals surface area contributed by atoms with Crippen molar-refractivity contribution >= 4 is 68.9 Å². The molecule has 0 bridgehead atoms. The van der Waals surface area contributed by atoms with Gasteiger partial charge in [0.2, 0.25) is 0 Å². The average molecular weight is 560 g/mol. The van der Waals surface area contributed by atoms with Crippen LogP contribution in [0.5, 0.6) is 0 Å². The molecule has 4 rings (SSSR count). The van der Waals surface area contributed by atoms with E-state index < -0.39 is 10.8 Å². The van der Waals surface area contributed by atoms with Crippen LogP contribution in [0.25, 0.3) is 17.4 Å². The average Bonchev–Trinajstić information content (AvgIpc) is 3.50. The number of aromatic nitrogens is 1. The third-order valence-electron chi connectivity index (χ3n) is 4.88. The van der Waals surface area contributed by atoms with Crippen molar-refractivity contribution in [3.8, 4) is 17.4 Å². The molecule has 0 unspecified atom stereocenters. The van der Waals surface area contributed by atoms with Gasteiger partial charge in [-0.25, -0.2) is 4.98 Å². The Labute approximate surface area is 223 Å². The molecule has 4 aromatic rings. The van der Waals surface area contributed by atoms with Crippen molar-refractivity contribution in [2.24, 2.45) is 0 Å². The normalized spacial score (nSPS) is 11.2. The number of thiazole rings is 1. The monoisotopic (exact) mass is 558 g/mol. The molecule has 36 heavy (non-hydrogen) atoms. The van der Waals surface area contributed by atoms with Crippen molar-refractivity contribution in [1.82, 2.24) is 4.98 Å². The molecule has 0 atom stereocenters. The molecule has 0 fully saturated rings. The van der Waals surface area contributed by atoms with E-state index in [9.17, 15) is 20.2 Å². The Bertz CT molecular complexity index is 1550. The van der Waals surface area contributed by atoms with Crippen LogP contribution in [0.15, 0.2) is 64.7 Å². The zero-order valence-corrected chi connectivity index (χ0v) is 21.1. The van der Waals surface area contributed by atoms with Gasteiger partial charge in [0, 0.05) is 35.2 Å². The molecule has 2 aromatic heterocycles. The summed E-state index contributed by atoms with van der Waals surface area (Å²) < 4.78 is 5.66. The highest BCUT2D eigenvalue weighted by Gasteiger charge is 2.17. The minimum Gasteiger partial charge on any atom is -0.457 e. The van der Waals surface area contributed by atoms with Gasteiger partial charge in [-0.2, -0.15) is 5.26 Å². The number of rotatable bonds is 7. The maximum atomic E-state index is 12.6. The molecule has 2 aromatic carbocycles. The highest BCUT2D eigenvalue weighted by Crippen LogP contribution is 2.32. The number of carbonyl (C=O) groups is 1. The van der Waals surface area contributed by atoms with E-state index in [0.29, 0.717) is 32.9 Å². The Kier molecular flexibility index (Phi) is 7.72. The summed E-state index contributed by atoms with van der Waals surface area (Å²) in [5.41, 5.74) is 0.764. The van der Waals surface area contributed by atoms with Crippen molar-refractivity contribution in [3.05, 3.63) is 102 Å². The van der Waals surface area contributed by atoms with Crippen LogP contribution in [-0.2, 0) is 11.2 Å². The third kappa shape index (κ3) is 5.75. The Hall–Kier alpha value is -3.68. The van der Waals surface area contributed by atoms with Crippen molar-refractivity contribution in [2.45, 2.75) is 6.42 Å². The molecule has 180 valence electrons. The number of nitriles is 1. The van der Waals surface area contributed by atoms with Gasteiger partial charge in [-0.1, -0.05) is 46.9 Å². The fourth-order valence-corrected chi connectivity index (χ4v) is 4.57. The van der Waals surface area contributed by atoms with Gasteiger partial charge in [0.25, 0.3) is 11.6 Å². The van der Waals surface area contributed by atoms with Crippen LogP contribution in [0.3, 0.4) is 0 Å². The first kappa shape index (κ1) is 25.4. The number of nitro benzene ring substituents is 1. The molecule has 0 spiro atoms. The van der Waals surface area contributed by atoms with Crippen LogP contribution < -0.4 is 5.32 Å². The second-order valence-corrected chi connectivity index (χ2v) is 9.58. The highest BCUT2D eigenvalue weighted by atomic mass is 35.5. The molecular weight excluding hydrogens is 547 g/mol. The predicted molar refractivity (Wildman–Crippen MR) is 139 cm³/mol. The molecule has 8 nitrogen and oxygen atoms in total. The number of hydrogen-bond acceptors (Lipinski definition) is 7. The second-order valence-electron chi connectivity index (χ2n) is 7.27. The first-order valence-corrected chi connectivity index (χ1v) is 12.0. The lowest BCUT2D eigenvalue weighted by atomic mass is 10.1. The number of furan rings is 1. The molecule has 0 radical (unpaired) electrons. The van der Waals surface area contributed by atoms with Gasteiger partial charge in [0.15, 0.2) is 5.13 Å². The summed E-state index contributed by atoms with van der Waals surface area (Å²) in [7, 11) is 0. The van der Waals surface area contributed by atoms with Gasteiger partial charge in [0.05, 0.1) is 15.0 Å². The van der Waals surface area contributed by atoms with Crippen LogP contribution >= 0.6 is 46.1 Å². The van der Waals surface area contributed by atoms with Gasteiger partial charge >= 0.3 is 0 Å². The second kappa shape index (κ2) is 10.9. The summed E-state index contributed by atoms with van der Waals surface area (Å²) in [5, 5.41) is 24.4. The maximum absolute atomic E-state index is 12.6. The van der Waals surface area contributed by atoms with E-state index >= 15 is 0 Å². The van der Waals surface area contributed by atoms with Crippen molar-refractivity contribution in [3.63, 3.8) is 0 Å². The van der Waals surface area contributed by atoms with Gasteiger partial charge in [0.1, 0.15) is 28.2 Å². The lowest BCUT2D eigenvalue weighted by Crippen LogP contribution is -2.13. The van der Waals surface area contributed by atoms with Crippen molar-refractivity contribution < 1.29 is 14.1 Å². The van der Waals surface area contributed by atoms with Gasteiger partial charge in [-0.15, -0.1) is 11.3 Å². The van der Waals surface area contributed by atoms with Gasteiger partial charge < -0.3 is 4.42 Å². The molecular formula is C24H13Cl3N4O4S. The van der Waals surface area contributed by atoms with Crippen LogP contribution in [0.1, 0.15) is 16.2 Å². The Balaban J connectivity index is 1.48. The number of nitrogens with zero attached hydrogens (tertiary/aromatic N) is 3. The zero-order chi connectivity index (χ0) is 25.8. The summed E-state index contributed by atoms with van der Waals surface area (Å²) in [6, 6.07) is 14.5. The molecule has 12 heteroatoms. The summed E-state index contributed by atoms with van der Waals surface area (Å²) in [6.07, 6.45) is 3.35. The number of nitro groups is 1. The third-order valence-corrected chi connectivity index (χ3v) is 6.97. The highest BCUT2D eigenvalue weighted by molar-refractivity contribution is 7.15. The SMILES string of the molecule is N#C/C(=C\c1ccc(-c2ccc(Cl)c([N+](=O)[O-])c2)o1)C(=O)Nc1ncc(Cc2cccc(Cl)c2Cl)s1. The largest absolute Gasteiger partial charge is 0.457 e. The number of carbonyl (C=O) groups excluding carboxylic acids is 1. The maximum Gasteiger partial charge on any atom is 0.288 e. The van der Waals surface area contributed by atoms with E-state index in [1.807, 2.05) is 12.1 Å². The van der Waals surface area contributed by atoms with Gasteiger partial charge in [-0.05, 0) is 35.9 Å².